The van der Waals surface area contributed by atoms with Crippen LogP contribution in [0, 0.1) is 27.9 Å². The second-order valence-corrected chi connectivity index (χ2v) is 11.0. The molecule has 1 heterocycles. The van der Waals surface area contributed by atoms with Crippen molar-refractivity contribution in [1.82, 2.24) is 0 Å². The van der Waals surface area contributed by atoms with E-state index >= 15 is 0 Å². The number of imide groups is 1. The summed E-state index contributed by atoms with van der Waals surface area (Å²) in [5, 5.41) is 21.6. The number of anilines is 1. The zero-order valence-corrected chi connectivity index (χ0v) is 22.6. The number of amides is 2. The van der Waals surface area contributed by atoms with Gasteiger partial charge in [-0.25, -0.2) is 0 Å². The first-order valence-corrected chi connectivity index (χ1v) is 13.3. The van der Waals surface area contributed by atoms with Crippen LogP contribution in [0.3, 0.4) is 0 Å². The third-order valence-electron chi connectivity index (χ3n) is 8.19. The van der Waals surface area contributed by atoms with Gasteiger partial charge in [0.25, 0.3) is 5.69 Å². The Hall–Kier alpha value is -4.38. The van der Waals surface area contributed by atoms with Crippen LogP contribution in [-0.2, 0) is 19.2 Å². The lowest BCUT2D eigenvalue weighted by Gasteiger charge is -2.42. The molecule has 1 aliphatic heterocycles. The van der Waals surface area contributed by atoms with Crippen LogP contribution >= 0.6 is 15.9 Å². The molecule has 0 unspecified atom stereocenters. The molecule has 40 heavy (non-hydrogen) atoms. The lowest BCUT2D eigenvalue weighted by Crippen LogP contribution is -2.39. The molecule has 202 valence electrons. The van der Waals surface area contributed by atoms with Crippen LogP contribution in [0.4, 0.5) is 11.4 Å². The van der Waals surface area contributed by atoms with E-state index in [0.717, 1.165) is 10.5 Å². The number of non-ortho nitro benzene ring substituents is 1. The maximum Gasteiger partial charge on any atom is 0.269 e. The molecular formula is C29H21BrN2O8. The summed E-state index contributed by atoms with van der Waals surface area (Å²) in [6, 6.07) is 9.98. The van der Waals surface area contributed by atoms with Crippen molar-refractivity contribution < 1.29 is 33.9 Å². The van der Waals surface area contributed by atoms with Gasteiger partial charge < -0.3 is 9.84 Å². The van der Waals surface area contributed by atoms with Gasteiger partial charge in [-0.15, -0.1) is 0 Å². The van der Waals surface area contributed by atoms with Crippen molar-refractivity contribution in [2.75, 3.05) is 12.0 Å². The van der Waals surface area contributed by atoms with E-state index in [9.17, 15) is 34.4 Å². The van der Waals surface area contributed by atoms with E-state index in [1.807, 2.05) is 6.08 Å². The first-order valence-electron chi connectivity index (χ1n) is 12.5. The van der Waals surface area contributed by atoms with Gasteiger partial charge in [-0.1, -0.05) is 17.7 Å². The second kappa shape index (κ2) is 9.37. The number of ketones is 2. The lowest BCUT2D eigenvalue weighted by molar-refractivity contribution is -0.384. The van der Waals surface area contributed by atoms with Crippen LogP contribution in [0.15, 0.2) is 75.8 Å². The Bertz CT molecular complexity index is 1640. The van der Waals surface area contributed by atoms with E-state index in [0.29, 0.717) is 11.1 Å². The fourth-order valence-electron chi connectivity index (χ4n) is 6.45. The Morgan fingerprint density at radius 1 is 1.05 bits per heavy atom. The van der Waals surface area contributed by atoms with E-state index in [2.05, 4.69) is 15.9 Å². The molecular weight excluding hydrogens is 584 g/mol. The number of hydrogen-bond donors (Lipinski definition) is 1. The number of Topliss-reactive ketones (excluding diaryl/α,β-unsaturated/α-hetero) is 1. The summed E-state index contributed by atoms with van der Waals surface area (Å²) >= 11 is 3.19. The Morgan fingerprint density at radius 2 is 1.77 bits per heavy atom. The molecule has 0 radical (unpaired) electrons. The molecule has 0 bridgehead atoms. The maximum absolute atomic E-state index is 13.9. The van der Waals surface area contributed by atoms with Gasteiger partial charge in [0.05, 0.1) is 34.0 Å². The second-order valence-electron chi connectivity index (χ2n) is 10.1. The van der Waals surface area contributed by atoms with Gasteiger partial charge in [-0.05, 0) is 64.5 Å². The molecule has 3 aliphatic carbocycles. The molecule has 0 spiro atoms. The van der Waals surface area contributed by atoms with Gasteiger partial charge in [0.2, 0.25) is 11.8 Å². The van der Waals surface area contributed by atoms with Crippen molar-refractivity contribution in [1.29, 1.82) is 0 Å². The number of carbonyl (C=O) groups is 4. The summed E-state index contributed by atoms with van der Waals surface area (Å²) in [5.74, 6) is -4.21. The Kier molecular flexibility index (Phi) is 6.06. The number of halogens is 1. The Labute approximate surface area is 235 Å². The topological polar surface area (TPSA) is 144 Å². The summed E-state index contributed by atoms with van der Waals surface area (Å²) in [4.78, 5) is 65.6. The number of nitro groups is 1. The molecule has 1 N–H and O–H groups in total. The van der Waals surface area contributed by atoms with E-state index in [1.165, 1.54) is 43.5 Å². The normalized spacial score (nSPS) is 25.7. The lowest BCUT2D eigenvalue weighted by atomic mass is 9.59. The summed E-state index contributed by atoms with van der Waals surface area (Å²) in [6.45, 7) is 0. The van der Waals surface area contributed by atoms with Crippen molar-refractivity contribution in [3.8, 4) is 11.5 Å². The van der Waals surface area contributed by atoms with E-state index in [1.54, 1.807) is 12.1 Å². The van der Waals surface area contributed by atoms with Gasteiger partial charge in [0.15, 0.2) is 23.1 Å². The third-order valence-corrected chi connectivity index (χ3v) is 8.78. The molecule has 0 saturated carbocycles. The summed E-state index contributed by atoms with van der Waals surface area (Å²) in [7, 11) is 1.42. The highest BCUT2D eigenvalue weighted by Crippen LogP contribution is 2.56. The molecule has 0 aromatic heterocycles. The van der Waals surface area contributed by atoms with Crippen molar-refractivity contribution in [3.63, 3.8) is 0 Å². The monoisotopic (exact) mass is 604 g/mol. The summed E-state index contributed by atoms with van der Waals surface area (Å²) in [5.41, 5.74) is 1.93. The van der Waals surface area contributed by atoms with Crippen LogP contribution in [0.5, 0.6) is 11.5 Å². The number of allylic oxidation sites excluding steroid dienone is 6. The first kappa shape index (κ1) is 25.9. The molecule has 6 rings (SSSR count). The molecule has 2 aromatic carbocycles. The minimum absolute atomic E-state index is 0.0988. The number of nitro benzene ring substituents is 1. The molecule has 10 nitrogen and oxygen atoms in total. The zero-order chi connectivity index (χ0) is 28.5. The Balaban J connectivity index is 1.45. The van der Waals surface area contributed by atoms with Crippen LogP contribution in [0.1, 0.15) is 24.3 Å². The molecule has 11 heteroatoms. The average molecular weight is 605 g/mol. The number of benzene rings is 2. The van der Waals surface area contributed by atoms with Crippen LogP contribution in [0.25, 0.3) is 0 Å². The fourth-order valence-corrected chi connectivity index (χ4v) is 6.90. The molecule has 2 aromatic rings. The number of phenolic OH excluding ortho intramolecular Hbond substituents is 1. The third kappa shape index (κ3) is 3.75. The maximum atomic E-state index is 13.9. The van der Waals surface area contributed by atoms with Crippen molar-refractivity contribution in [3.05, 3.63) is 91.5 Å². The highest BCUT2D eigenvalue weighted by molar-refractivity contribution is 9.12. The summed E-state index contributed by atoms with van der Waals surface area (Å²) in [6.07, 6.45) is 3.46. The molecule has 4 atom stereocenters. The minimum Gasteiger partial charge on any atom is -0.504 e. The van der Waals surface area contributed by atoms with Gasteiger partial charge in [-0.3, -0.25) is 34.2 Å². The molecule has 4 aliphatic rings. The van der Waals surface area contributed by atoms with Gasteiger partial charge in [0, 0.05) is 35.3 Å². The average Bonchev–Trinajstić information content (AvgIpc) is 3.20. The van der Waals surface area contributed by atoms with Crippen LogP contribution in [-0.4, -0.2) is 40.5 Å². The summed E-state index contributed by atoms with van der Waals surface area (Å²) < 4.78 is 5.29. The predicted molar refractivity (Wildman–Crippen MR) is 145 cm³/mol. The molecule has 2 amide bonds. The first-order chi connectivity index (χ1) is 19.1. The van der Waals surface area contributed by atoms with Crippen molar-refractivity contribution in [2.24, 2.45) is 17.8 Å². The Morgan fingerprint density at radius 3 is 2.42 bits per heavy atom. The van der Waals surface area contributed by atoms with Gasteiger partial charge in [0.1, 0.15) is 0 Å². The van der Waals surface area contributed by atoms with Gasteiger partial charge in [-0.2, -0.15) is 0 Å². The van der Waals surface area contributed by atoms with E-state index < -0.39 is 40.4 Å². The number of methoxy groups -OCH3 is 1. The van der Waals surface area contributed by atoms with Crippen molar-refractivity contribution in [2.45, 2.75) is 18.8 Å². The zero-order valence-electron chi connectivity index (χ0n) is 21.0. The standard InChI is InChI=1S/C29H21BrN2O8/c1-40-23-9-2-13(10-21(23)33)24-16-7-8-17-25(18(16)11-19-26(24)22(34)12-20(30)27(19)35)29(37)31(28(17)36)14-3-5-15(6-4-14)32(38)39/h2-7,9-10,12,17-18,24-25,33H,8,11H2,1H3/t17-,18+,24-,25-/m0/s1. The van der Waals surface area contributed by atoms with Crippen LogP contribution < -0.4 is 9.64 Å². The number of rotatable bonds is 4. The van der Waals surface area contributed by atoms with Gasteiger partial charge >= 0.3 is 0 Å². The van der Waals surface area contributed by atoms with Crippen molar-refractivity contribution >= 4 is 50.7 Å². The van der Waals surface area contributed by atoms with Crippen LogP contribution in [0.2, 0.25) is 0 Å². The minimum atomic E-state index is -0.793. The molecule has 1 fully saturated rings. The number of carbonyl (C=O) groups excluding carboxylic acids is 4. The number of aromatic hydroxyl groups is 1. The number of hydrogen-bond acceptors (Lipinski definition) is 8. The molecule has 1 saturated heterocycles. The SMILES string of the molecule is COc1ccc([C@H]2C3=CC[C@@H]4C(=O)N(c5ccc([N+](=O)[O-])cc5)C(=O)[C@@H]4[C@@H]3CC3=C2C(=O)C=C(Br)C3=O)cc1O. The number of ether oxygens (including phenoxy) is 1. The van der Waals surface area contributed by atoms with E-state index in [4.69, 9.17) is 4.74 Å². The highest BCUT2D eigenvalue weighted by Gasteiger charge is 2.56. The quantitative estimate of drug-likeness (QED) is 0.179. The smallest absolute Gasteiger partial charge is 0.269 e. The van der Waals surface area contributed by atoms with E-state index in [-0.39, 0.29) is 57.3 Å². The number of fused-ring (bicyclic) bond motifs is 3. The largest absolute Gasteiger partial charge is 0.504 e. The predicted octanol–water partition coefficient (Wildman–Crippen LogP) is 4.28. The number of phenols is 1. The fraction of sp³-hybridized carbons (Fsp3) is 0.241. The highest BCUT2D eigenvalue weighted by atomic mass is 79.9. The number of nitrogens with zero attached hydrogens (tertiary/aromatic N) is 2.